The van der Waals surface area contributed by atoms with Crippen molar-refractivity contribution in [3.05, 3.63) is 48.6 Å². The fraction of sp³-hybridized carbons (Fsp3) is 0.125. The van der Waals surface area contributed by atoms with Crippen molar-refractivity contribution >= 4 is 23.2 Å². The van der Waals surface area contributed by atoms with Gasteiger partial charge in [-0.25, -0.2) is 0 Å². The minimum Gasteiger partial charge on any atom is -0.481 e. The SMILES string of the molecule is O=CCC(C(=O)O)c1cc(-c2cccc3occc23)co1. The summed E-state index contributed by atoms with van der Waals surface area (Å²) in [6.07, 6.45) is 3.56. The van der Waals surface area contributed by atoms with Gasteiger partial charge >= 0.3 is 5.97 Å². The second kappa shape index (κ2) is 5.28. The molecule has 0 aliphatic heterocycles. The number of aldehydes is 1. The third-order valence-corrected chi connectivity index (χ3v) is 3.40. The topological polar surface area (TPSA) is 80.7 Å². The van der Waals surface area contributed by atoms with Gasteiger partial charge < -0.3 is 18.7 Å². The molecule has 1 N–H and O–H groups in total. The van der Waals surface area contributed by atoms with Gasteiger partial charge in [-0.1, -0.05) is 12.1 Å². The number of hydrogen-bond acceptors (Lipinski definition) is 4. The average Bonchev–Trinajstić information content (AvgIpc) is 3.12. The Balaban J connectivity index is 2.03. The van der Waals surface area contributed by atoms with E-state index in [9.17, 15) is 9.59 Å². The van der Waals surface area contributed by atoms with E-state index in [-0.39, 0.29) is 12.2 Å². The van der Waals surface area contributed by atoms with Crippen LogP contribution in [0, 0.1) is 0 Å². The lowest BCUT2D eigenvalue weighted by Gasteiger charge is -2.04. The van der Waals surface area contributed by atoms with Crippen molar-refractivity contribution in [2.45, 2.75) is 12.3 Å². The number of carbonyl (C=O) groups excluding carboxylic acids is 1. The van der Waals surface area contributed by atoms with Gasteiger partial charge in [0.25, 0.3) is 0 Å². The molecule has 0 amide bonds. The lowest BCUT2D eigenvalue weighted by molar-refractivity contribution is -0.140. The van der Waals surface area contributed by atoms with Crippen molar-refractivity contribution in [3.63, 3.8) is 0 Å². The average molecular weight is 284 g/mol. The van der Waals surface area contributed by atoms with Gasteiger partial charge in [-0.3, -0.25) is 4.79 Å². The molecule has 3 rings (SSSR count). The molecule has 1 aromatic carbocycles. The molecule has 2 aromatic heterocycles. The van der Waals surface area contributed by atoms with E-state index in [1.165, 1.54) is 6.26 Å². The first kappa shape index (κ1) is 13.2. The predicted molar refractivity (Wildman–Crippen MR) is 75.0 cm³/mol. The normalized spacial score (nSPS) is 12.4. The van der Waals surface area contributed by atoms with E-state index in [1.807, 2.05) is 24.3 Å². The Morgan fingerprint density at radius 1 is 1.29 bits per heavy atom. The minimum atomic E-state index is -1.08. The fourth-order valence-corrected chi connectivity index (χ4v) is 2.36. The van der Waals surface area contributed by atoms with Gasteiger partial charge in [-0.05, 0) is 23.8 Å². The zero-order valence-corrected chi connectivity index (χ0v) is 11.0. The molecule has 0 saturated carbocycles. The molecule has 0 fully saturated rings. The molecule has 0 radical (unpaired) electrons. The molecule has 5 heteroatoms. The second-order valence-corrected chi connectivity index (χ2v) is 4.67. The molecule has 1 unspecified atom stereocenters. The molecule has 3 aromatic rings. The highest BCUT2D eigenvalue weighted by Gasteiger charge is 2.23. The number of carboxylic acid groups (broad SMARTS) is 1. The van der Waals surface area contributed by atoms with E-state index in [0.717, 1.165) is 22.1 Å². The molecule has 2 heterocycles. The van der Waals surface area contributed by atoms with Crippen molar-refractivity contribution in [1.29, 1.82) is 0 Å². The predicted octanol–water partition coefficient (Wildman–Crippen LogP) is 3.45. The van der Waals surface area contributed by atoms with Crippen LogP contribution in [0.15, 0.2) is 51.7 Å². The highest BCUT2D eigenvalue weighted by molar-refractivity contribution is 5.94. The minimum absolute atomic E-state index is 0.113. The summed E-state index contributed by atoms with van der Waals surface area (Å²) in [7, 11) is 0. The van der Waals surface area contributed by atoms with Crippen LogP contribution < -0.4 is 0 Å². The van der Waals surface area contributed by atoms with Gasteiger partial charge in [0, 0.05) is 17.4 Å². The Hall–Kier alpha value is -2.82. The smallest absolute Gasteiger partial charge is 0.314 e. The lowest BCUT2D eigenvalue weighted by Crippen LogP contribution is -2.11. The second-order valence-electron chi connectivity index (χ2n) is 4.67. The molecule has 0 saturated heterocycles. The Morgan fingerprint density at radius 2 is 2.14 bits per heavy atom. The number of carbonyl (C=O) groups is 2. The van der Waals surface area contributed by atoms with Gasteiger partial charge in [0.15, 0.2) is 0 Å². The van der Waals surface area contributed by atoms with E-state index >= 15 is 0 Å². The maximum atomic E-state index is 11.2. The first-order chi connectivity index (χ1) is 10.2. The summed E-state index contributed by atoms with van der Waals surface area (Å²) >= 11 is 0. The molecule has 21 heavy (non-hydrogen) atoms. The van der Waals surface area contributed by atoms with Crippen LogP contribution in [0.25, 0.3) is 22.1 Å². The van der Waals surface area contributed by atoms with Gasteiger partial charge in [-0.2, -0.15) is 0 Å². The van der Waals surface area contributed by atoms with E-state index in [0.29, 0.717) is 6.29 Å². The molecule has 5 nitrogen and oxygen atoms in total. The zero-order chi connectivity index (χ0) is 14.8. The van der Waals surface area contributed by atoms with Crippen LogP contribution in [0.3, 0.4) is 0 Å². The van der Waals surface area contributed by atoms with Gasteiger partial charge in [-0.15, -0.1) is 0 Å². The maximum absolute atomic E-state index is 11.2. The molecule has 1 atom stereocenters. The number of fused-ring (bicyclic) bond motifs is 1. The first-order valence-corrected chi connectivity index (χ1v) is 6.42. The number of hydrogen-bond donors (Lipinski definition) is 1. The van der Waals surface area contributed by atoms with Crippen LogP contribution >= 0.6 is 0 Å². The molecular weight excluding hydrogens is 272 g/mol. The largest absolute Gasteiger partial charge is 0.481 e. The van der Waals surface area contributed by atoms with E-state index in [4.69, 9.17) is 13.9 Å². The quantitative estimate of drug-likeness (QED) is 0.726. The molecule has 0 spiro atoms. The fourth-order valence-electron chi connectivity index (χ4n) is 2.36. The van der Waals surface area contributed by atoms with Crippen molar-refractivity contribution in [2.75, 3.05) is 0 Å². The number of rotatable bonds is 5. The van der Waals surface area contributed by atoms with Crippen LogP contribution in [0.1, 0.15) is 18.1 Å². The van der Waals surface area contributed by atoms with Crippen LogP contribution in [-0.2, 0) is 9.59 Å². The first-order valence-electron chi connectivity index (χ1n) is 6.42. The summed E-state index contributed by atoms with van der Waals surface area (Å²) < 4.78 is 10.7. The monoisotopic (exact) mass is 284 g/mol. The van der Waals surface area contributed by atoms with Crippen molar-refractivity contribution in [2.24, 2.45) is 0 Å². The van der Waals surface area contributed by atoms with Crippen LogP contribution in [0.5, 0.6) is 0 Å². The molecular formula is C16H12O5. The summed E-state index contributed by atoms with van der Waals surface area (Å²) in [5.41, 5.74) is 2.40. The summed E-state index contributed by atoms with van der Waals surface area (Å²) in [4.78, 5) is 21.8. The van der Waals surface area contributed by atoms with Crippen LogP contribution in [0.2, 0.25) is 0 Å². The van der Waals surface area contributed by atoms with Crippen molar-refractivity contribution < 1.29 is 23.5 Å². The molecule has 0 bridgehead atoms. The highest BCUT2D eigenvalue weighted by atomic mass is 16.4. The molecule has 0 aliphatic rings. The molecule has 0 aliphatic carbocycles. The van der Waals surface area contributed by atoms with Crippen LogP contribution in [-0.4, -0.2) is 17.4 Å². The van der Waals surface area contributed by atoms with Crippen molar-refractivity contribution in [1.82, 2.24) is 0 Å². The summed E-state index contributed by atoms with van der Waals surface area (Å²) in [5, 5.41) is 10.1. The summed E-state index contributed by atoms with van der Waals surface area (Å²) in [6, 6.07) is 9.11. The van der Waals surface area contributed by atoms with Crippen LogP contribution in [0.4, 0.5) is 0 Å². The van der Waals surface area contributed by atoms with E-state index in [1.54, 1.807) is 12.3 Å². The number of benzene rings is 1. The number of furan rings is 2. The third-order valence-electron chi connectivity index (χ3n) is 3.40. The zero-order valence-electron chi connectivity index (χ0n) is 11.0. The highest BCUT2D eigenvalue weighted by Crippen LogP contribution is 2.32. The summed E-state index contributed by atoms with van der Waals surface area (Å²) in [5.74, 6) is -1.77. The van der Waals surface area contributed by atoms with Gasteiger partial charge in [0.2, 0.25) is 0 Å². The Kier molecular flexibility index (Phi) is 3.31. The van der Waals surface area contributed by atoms with E-state index in [2.05, 4.69) is 0 Å². The third kappa shape index (κ3) is 2.33. The Bertz CT molecular complexity index is 796. The standard InChI is InChI=1S/C16H12O5/c17-6-4-13(16(18)19)15-8-10(9-21-15)11-2-1-3-14-12(11)5-7-20-14/h1-3,5-9,13H,4H2,(H,18,19). The van der Waals surface area contributed by atoms with Gasteiger partial charge in [0.1, 0.15) is 23.5 Å². The Morgan fingerprint density at radius 3 is 2.90 bits per heavy atom. The summed E-state index contributed by atoms with van der Waals surface area (Å²) in [6.45, 7) is 0. The maximum Gasteiger partial charge on any atom is 0.314 e. The van der Waals surface area contributed by atoms with Crippen molar-refractivity contribution in [3.8, 4) is 11.1 Å². The van der Waals surface area contributed by atoms with Gasteiger partial charge in [0.05, 0.1) is 12.5 Å². The van der Waals surface area contributed by atoms with E-state index < -0.39 is 11.9 Å². The Labute approximate surface area is 119 Å². The lowest BCUT2D eigenvalue weighted by atomic mass is 10.0. The molecule has 106 valence electrons. The number of carboxylic acids is 1. The number of aliphatic carboxylic acids is 1.